The maximum atomic E-state index is 14.8. The van der Waals surface area contributed by atoms with Crippen LogP contribution in [0.2, 0.25) is 5.02 Å². The van der Waals surface area contributed by atoms with Crippen LogP contribution >= 0.6 is 11.6 Å². The van der Waals surface area contributed by atoms with Gasteiger partial charge in [0.05, 0.1) is 29.4 Å². The number of aromatic nitrogens is 3. The number of pyridine rings is 2. The number of carbonyl (C=O) groups excluding carboxylic acids is 1. The van der Waals surface area contributed by atoms with Crippen molar-refractivity contribution in [2.75, 3.05) is 6.54 Å². The van der Waals surface area contributed by atoms with Crippen molar-refractivity contribution in [2.24, 2.45) is 0 Å². The Morgan fingerprint density at radius 2 is 2.00 bits per heavy atom. The molecule has 0 saturated carbocycles. The molecule has 4 heterocycles. The van der Waals surface area contributed by atoms with Crippen LogP contribution in [0, 0.1) is 19.7 Å². The highest BCUT2D eigenvalue weighted by molar-refractivity contribution is 6.36. The summed E-state index contributed by atoms with van der Waals surface area (Å²) in [5.74, 6) is -0.374. The predicted molar refractivity (Wildman–Crippen MR) is 136 cm³/mol. The summed E-state index contributed by atoms with van der Waals surface area (Å²) in [5, 5.41) is 4.52. The van der Waals surface area contributed by atoms with Crippen molar-refractivity contribution in [2.45, 2.75) is 46.8 Å². The molecule has 0 bridgehead atoms. The molecule has 1 amide bonds. The summed E-state index contributed by atoms with van der Waals surface area (Å²) in [6.07, 6.45) is 3.54. The van der Waals surface area contributed by atoms with Crippen LogP contribution in [0.5, 0.6) is 5.75 Å². The fourth-order valence-electron chi connectivity index (χ4n) is 4.86. The van der Waals surface area contributed by atoms with E-state index in [1.807, 2.05) is 33.8 Å². The third-order valence-electron chi connectivity index (χ3n) is 6.46. The molecule has 0 atom stereocenters. The lowest BCUT2D eigenvalue weighted by Crippen LogP contribution is -2.39. The molecule has 186 valence electrons. The van der Waals surface area contributed by atoms with Crippen molar-refractivity contribution in [3.05, 3.63) is 85.8 Å². The average Bonchev–Trinajstić information content (AvgIpc) is 3.24. The van der Waals surface area contributed by atoms with E-state index in [0.29, 0.717) is 52.0 Å². The standard InChI is InChI=1S/C27H26ClFN4O3/c1-14(2)36-22-11-18(19-12-30-33-8-5-6-21(29)25(19)33)17-7-9-32(27(35)23(17)24(22)28)13-20-15(3)10-16(4)31-26(20)34/h5-6,8,10-12,14H,7,9,13H2,1-4H3,(H,31,34). The first-order valence-corrected chi connectivity index (χ1v) is 12.2. The molecule has 7 nitrogen and oxygen atoms in total. The highest BCUT2D eigenvalue weighted by Gasteiger charge is 2.33. The van der Waals surface area contributed by atoms with Gasteiger partial charge in [-0.1, -0.05) is 11.6 Å². The zero-order valence-corrected chi connectivity index (χ0v) is 21.2. The molecule has 0 spiro atoms. The number of halogens is 2. The van der Waals surface area contributed by atoms with E-state index in [1.54, 1.807) is 29.4 Å². The third-order valence-corrected chi connectivity index (χ3v) is 6.83. The minimum atomic E-state index is -0.419. The second-order valence-electron chi connectivity index (χ2n) is 9.38. The number of nitrogens with one attached hydrogen (secondary N) is 1. The molecule has 0 fully saturated rings. The normalized spacial score (nSPS) is 13.5. The van der Waals surface area contributed by atoms with Crippen LogP contribution in [0.25, 0.3) is 16.6 Å². The summed E-state index contributed by atoms with van der Waals surface area (Å²) >= 11 is 6.76. The monoisotopic (exact) mass is 508 g/mol. The van der Waals surface area contributed by atoms with E-state index in [-0.39, 0.29) is 29.1 Å². The van der Waals surface area contributed by atoms with Crippen LogP contribution in [0.3, 0.4) is 0 Å². The van der Waals surface area contributed by atoms with Gasteiger partial charge in [0.15, 0.2) is 0 Å². The van der Waals surface area contributed by atoms with Crippen molar-refractivity contribution in [3.8, 4) is 16.9 Å². The number of H-pyrrole nitrogens is 1. The van der Waals surface area contributed by atoms with Crippen LogP contribution in [0.15, 0.2) is 41.5 Å². The lowest BCUT2D eigenvalue weighted by Gasteiger charge is -2.31. The van der Waals surface area contributed by atoms with Gasteiger partial charge >= 0.3 is 0 Å². The highest BCUT2D eigenvalue weighted by atomic mass is 35.5. The summed E-state index contributed by atoms with van der Waals surface area (Å²) in [6, 6.07) is 6.61. The van der Waals surface area contributed by atoms with Gasteiger partial charge in [0.25, 0.3) is 11.5 Å². The molecule has 4 aromatic rings. The van der Waals surface area contributed by atoms with E-state index >= 15 is 0 Å². The largest absolute Gasteiger partial charge is 0.489 e. The quantitative estimate of drug-likeness (QED) is 0.407. The first-order chi connectivity index (χ1) is 17.2. The molecule has 0 aliphatic carbocycles. The third kappa shape index (κ3) is 4.05. The molecule has 9 heteroatoms. The van der Waals surface area contributed by atoms with E-state index in [2.05, 4.69) is 10.1 Å². The molecule has 36 heavy (non-hydrogen) atoms. The van der Waals surface area contributed by atoms with Gasteiger partial charge in [0.1, 0.15) is 17.1 Å². The van der Waals surface area contributed by atoms with E-state index in [0.717, 1.165) is 11.3 Å². The number of fused-ring (bicyclic) bond motifs is 2. The summed E-state index contributed by atoms with van der Waals surface area (Å²) in [5.41, 5.74) is 4.46. The average molecular weight is 509 g/mol. The smallest absolute Gasteiger partial charge is 0.256 e. The Balaban J connectivity index is 1.66. The topological polar surface area (TPSA) is 79.7 Å². The van der Waals surface area contributed by atoms with Gasteiger partial charge in [-0.05, 0) is 75.1 Å². The number of rotatable bonds is 5. The molecular weight excluding hydrogens is 483 g/mol. The van der Waals surface area contributed by atoms with Gasteiger partial charge in [0.2, 0.25) is 0 Å². The number of nitrogens with zero attached hydrogens (tertiary/aromatic N) is 3. The molecule has 3 aromatic heterocycles. The van der Waals surface area contributed by atoms with Crippen molar-refractivity contribution < 1.29 is 13.9 Å². The van der Waals surface area contributed by atoms with E-state index in [9.17, 15) is 14.0 Å². The van der Waals surface area contributed by atoms with Crippen LogP contribution in [0.4, 0.5) is 4.39 Å². The van der Waals surface area contributed by atoms with Crippen LogP contribution in [0.1, 0.15) is 46.6 Å². The summed E-state index contributed by atoms with van der Waals surface area (Å²) in [7, 11) is 0. The zero-order valence-electron chi connectivity index (χ0n) is 20.5. The van der Waals surface area contributed by atoms with Crippen molar-refractivity contribution in [3.63, 3.8) is 0 Å². The number of benzene rings is 1. The van der Waals surface area contributed by atoms with Gasteiger partial charge in [-0.25, -0.2) is 8.91 Å². The van der Waals surface area contributed by atoms with Crippen LogP contribution in [-0.4, -0.2) is 38.1 Å². The molecule has 0 radical (unpaired) electrons. The zero-order chi connectivity index (χ0) is 25.7. The molecule has 0 unspecified atom stereocenters. The fraction of sp³-hybridized carbons (Fsp3) is 0.296. The second kappa shape index (κ2) is 9.09. The lowest BCUT2D eigenvalue weighted by molar-refractivity contribution is 0.0725. The number of carbonyl (C=O) groups is 1. The van der Waals surface area contributed by atoms with Crippen molar-refractivity contribution in [1.29, 1.82) is 0 Å². The Bertz CT molecular complexity index is 1570. The molecular formula is C27H26ClFN4O3. The summed E-state index contributed by atoms with van der Waals surface area (Å²) in [6.45, 7) is 7.95. The SMILES string of the molecule is Cc1cc(C)c(CN2CCc3c(-c4cnn5cccc(F)c45)cc(OC(C)C)c(Cl)c3C2=O)c(=O)[nH]1. The molecule has 1 N–H and O–H groups in total. The van der Waals surface area contributed by atoms with Crippen molar-refractivity contribution in [1.82, 2.24) is 19.5 Å². The maximum Gasteiger partial charge on any atom is 0.256 e. The van der Waals surface area contributed by atoms with Crippen molar-refractivity contribution >= 4 is 23.0 Å². The van der Waals surface area contributed by atoms with E-state index < -0.39 is 5.82 Å². The minimum absolute atomic E-state index is 0.159. The number of aromatic amines is 1. The first-order valence-electron chi connectivity index (χ1n) is 11.8. The Hall–Kier alpha value is -3.65. The predicted octanol–water partition coefficient (Wildman–Crippen LogP) is 5.08. The molecule has 1 aliphatic rings. The number of amides is 1. The number of aryl methyl sites for hydroxylation is 2. The van der Waals surface area contributed by atoms with Gasteiger partial charge in [-0.2, -0.15) is 5.10 Å². The first kappa shape index (κ1) is 24.1. The Kier molecular flexibility index (Phi) is 6.08. The maximum absolute atomic E-state index is 14.8. The summed E-state index contributed by atoms with van der Waals surface area (Å²) < 4.78 is 22.3. The lowest BCUT2D eigenvalue weighted by atomic mass is 9.89. The number of hydrogen-bond donors (Lipinski definition) is 1. The fourth-order valence-corrected chi connectivity index (χ4v) is 5.15. The molecule has 1 aromatic carbocycles. The Labute approximate surface area is 212 Å². The van der Waals surface area contributed by atoms with Gasteiger partial charge in [-0.3, -0.25) is 9.59 Å². The van der Waals surface area contributed by atoms with Crippen LogP contribution < -0.4 is 10.3 Å². The van der Waals surface area contributed by atoms with Gasteiger partial charge in [-0.15, -0.1) is 0 Å². The van der Waals surface area contributed by atoms with E-state index in [1.165, 1.54) is 10.6 Å². The van der Waals surface area contributed by atoms with Gasteiger partial charge < -0.3 is 14.6 Å². The van der Waals surface area contributed by atoms with Crippen LogP contribution in [-0.2, 0) is 13.0 Å². The number of hydrogen-bond acceptors (Lipinski definition) is 4. The minimum Gasteiger partial charge on any atom is -0.489 e. The molecule has 1 aliphatic heterocycles. The second-order valence-corrected chi connectivity index (χ2v) is 9.76. The summed E-state index contributed by atoms with van der Waals surface area (Å²) in [4.78, 5) is 30.8. The molecule has 0 saturated heterocycles. The number of ether oxygens (including phenoxy) is 1. The van der Waals surface area contributed by atoms with Gasteiger partial charge in [0, 0.05) is 29.6 Å². The Morgan fingerprint density at radius 3 is 2.72 bits per heavy atom. The highest BCUT2D eigenvalue weighted by Crippen LogP contribution is 2.42. The Morgan fingerprint density at radius 1 is 1.22 bits per heavy atom. The van der Waals surface area contributed by atoms with E-state index in [4.69, 9.17) is 16.3 Å². The molecule has 5 rings (SSSR count).